The lowest BCUT2D eigenvalue weighted by molar-refractivity contribution is -0.125. The van der Waals surface area contributed by atoms with Crippen LogP contribution in [0, 0.1) is 0 Å². The third-order valence-electron chi connectivity index (χ3n) is 5.09. The van der Waals surface area contributed by atoms with E-state index < -0.39 is 28.2 Å². The highest BCUT2D eigenvalue weighted by atomic mass is 32.2. The third-order valence-corrected chi connectivity index (χ3v) is 7.28. The zero-order valence-electron chi connectivity index (χ0n) is 17.3. The van der Waals surface area contributed by atoms with Crippen LogP contribution in [0.3, 0.4) is 0 Å². The van der Waals surface area contributed by atoms with E-state index in [0.29, 0.717) is 45.8 Å². The molecule has 29 heavy (non-hydrogen) atoms. The minimum atomic E-state index is -3.47. The maximum Gasteiger partial charge on any atom is 0.321 e. The summed E-state index contributed by atoms with van der Waals surface area (Å²) in [5.41, 5.74) is 0.939. The average molecular weight is 426 g/mol. The summed E-state index contributed by atoms with van der Waals surface area (Å²) in [6.45, 7) is 8.02. The van der Waals surface area contributed by atoms with Crippen LogP contribution in [0.1, 0.15) is 26.3 Å². The van der Waals surface area contributed by atoms with Gasteiger partial charge in [0.25, 0.3) is 10.2 Å². The van der Waals surface area contributed by atoms with Crippen LogP contribution in [-0.4, -0.2) is 79.2 Å². The lowest BCUT2D eigenvalue weighted by Gasteiger charge is -2.38. The molecular weight excluding hydrogens is 394 g/mol. The van der Waals surface area contributed by atoms with Gasteiger partial charge in [0.05, 0.1) is 6.04 Å². The van der Waals surface area contributed by atoms with E-state index in [0.717, 1.165) is 5.56 Å². The number of urea groups is 1. The molecule has 0 radical (unpaired) electrons. The van der Waals surface area contributed by atoms with Crippen molar-refractivity contribution >= 4 is 22.1 Å². The van der Waals surface area contributed by atoms with E-state index in [2.05, 4.69) is 10.6 Å². The minimum absolute atomic E-state index is 0.316. The van der Waals surface area contributed by atoms with Crippen LogP contribution < -0.4 is 10.6 Å². The van der Waals surface area contributed by atoms with Crippen LogP contribution in [0.15, 0.2) is 30.3 Å². The van der Waals surface area contributed by atoms with Crippen molar-refractivity contribution in [3.63, 3.8) is 0 Å². The van der Waals surface area contributed by atoms with Crippen molar-refractivity contribution in [1.29, 1.82) is 0 Å². The standard InChI is InChI=1S/C19H31N5O4S/c1-4-23(5-2)29(27,28)24-13-11-22(12-14-24)16(3)18(25)21-19(26)20-15-17-9-7-6-8-10-17/h6-10,16H,4-5,11-15H2,1-3H3,(H2,20,21,25,26). The molecule has 0 spiro atoms. The number of piperazine rings is 1. The number of carbonyl (C=O) groups excluding carboxylic acids is 2. The summed E-state index contributed by atoms with van der Waals surface area (Å²) in [5.74, 6) is -0.407. The summed E-state index contributed by atoms with van der Waals surface area (Å²) in [6, 6.07) is 8.34. The molecule has 0 aliphatic carbocycles. The molecule has 1 heterocycles. The molecule has 1 atom stereocenters. The Morgan fingerprint density at radius 2 is 1.66 bits per heavy atom. The van der Waals surface area contributed by atoms with Crippen molar-refractivity contribution in [1.82, 2.24) is 24.1 Å². The van der Waals surface area contributed by atoms with Gasteiger partial charge in [-0.15, -0.1) is 0 Å². The molecular formula is C19H31N5O4S. The van der Waals surface area contributed by atoms with Crippen LogP contribution >= 0.6 is 0 Å². The predicted octanol–water partition coefficient (Wildman–Crippen LogP) is 0.605. The molecule has 3 amide bonds. The average Bonchev–Trinajstić information content (AvgIpc) is 2.73. The molecule has 0 bridgehead atoms. The van der Waals surface area contributed by atoms with Crippen LogP contribution in [0.4, 0.5) is 4.79 Å². The van der Waals surface area contributed by atoms with E-state index in [4.69, 9.17) is 0 Å². The molecule has 1 aliphatic heterocycles. The molecule has 1 aliphatic rings. The van der Waals surface area contributed by atoms with Crippen LogP contribution in [0.2, 0.25) is 0 Å². The van der Waals surface area contributed by atoms with Gasteiger partial charge < -0.3 is 5.32 Å². The molecule has 1 aromatic carbocycles. The van der Waals surface area contributed by atoms with Gasteiger partial charge in [-0.2, -0.15) is 17.0 Å². The van der Waals surface area contributed by atoms with Gasteiger partial charge in [0, 0.05) is 45.8 Å². The number of imide groups is 1. The van der Waals surface area contributed by atoms with E-state index in [1.807, 2.05) is 49.1 Å². The van der Waals surface area contributed by atoms with E-state index in [1.54, 1.807) is 6.92 Å². The smallest absolute Gasteiger partial charge is 0.321 e. The highest BCUT2D eigenvalue weighted by Crippen LogP contribution is 2.14. The van der Waals surface area contributed by atoms with Gasteiger partial charge in [-0.25, -0.2) is 4.79 Å². The number of rotatable bonds is 8. The Kier molecular flexibility index (Phi) is 8.57. The second-order valence-corrected chi connectivity index (χ2v) is 8.79. The Labute approximate surface area is 173 Å². The van der Waals surface area contributed by atoms with E-state index in [9.17, 15) is 18.0 Å². The molecule has 9 nitrogen and oxygen atoms in total. The van der Waals surface area contributed by atoms with Crippen molar-refractivity contribution in [2.24, 2.45) is 0 Å². The minimum Gasteiger partial charge on any atom is -0.334 e. The zero-order valence-corrected chi connectivity index (χ0v) is 18.1. The summed E-state index contributed by atoms with van der Waals surface area (Å²) in [5, 5.41) is 5.01. The Morgan fingerprint density at radius 3 is 2.21 bits per heavy atom. The summed E-state index contributed by atoms with van der Waals surface area (Å²) >= 11 is 0. The second-order valence-electron chi connectivity index (χ2n) is 6.86. The molecule has 1 saturated heterocycles. The molecule has 1 unspecified atom stereocenters. The number of hydrogen-bond acceptors (Lipinski definition) is 5. The fourth-order valence-electron chi connectivity index (χ4n) is 3.24. The van der Waals surface area contributed by atoms with Gasteiger partial charge in [-0.3, -0.25) is 15.0 Å². The molecule has 1 aromatic rings. The fourth-order valence-corrected chi connectivity index (χ4v) is 4.84. The van der Waals surface area contributed by atoms with Gasteiger partial charge >= 0.3 is 6.03 Å². The molecule has 0 aromatic heterocycles. The first-order valence-electron chi connectivity index (χ1n) is 9.91. The number of hydrogen-bond donors (Lipinski definition) is 2. The normalized spacial score (nSPS) is 17.1. The quantitative estimate of drug-likeness (QED) is 0.635. The van der Waals surface area contributed by atoms with Crippen molar-refractivity contribution in [3.05, 3.63) is 35.9 Å². The highest BCUT2D eigenvalue weighted by molar-refractivity contribution is 7.86. The summed E-state index contributed by atoms with van der Waals surface area (Å²) in [7, 11) is -3.47. The number of nitrogens with zero attached hydrogens (tertiary/aromatic N) is 3. The molecule has 2 rings (SSSR count). The SMILES string of the molecule is CCN(CC)S(=O)(=O)N1CCN(C(C)C(=O)NC(=O)NCc2ccccc2)CC1. The Balaban J connectivity index is 1.81. The van der Waals surface area contributed by atoms with Gasteiger partial charge in [0.15, 0.2) is 0 Å². The number of carbonyl (C=O) groups is 2. The first-order valence-corrected chi connectivity index (χ1v) is 11.3. The highest BCUT2D eigenvalue weighted by Gasteiger charge is 2.33. The lowest BCUT2D eigenvalue weighted by Crippen LogP contribution is -2.57. The van der Waals surface area contributed by atoms with Gasteiger partial charge in [-0.05, 0) is 12.5 Å². The maximum absolute atomic E-state index is 12.6. The summed E-state index contributed by atoms with van der Waals surface area (Å²) < 4.78 is 28.1. The summed E-state index contributed by atoms with van der Waals surface area (Å²) in [4.78, 5) is 26.3. The first kappa shape index (κ1) is 23.3. The lowest BCUT2D eigenvalue weighted by atomic mass is 10.2. The Morgan fingerprint density at radius 1 is 1.07 bits per heavy atom. The van der Waals surface area contributed by atoms with Crippen molar-refractivity contribution < 1.29 is 18.0 Å². The Bertz CT molecular complexity index is 775. The number of nitrogens with one attached hydrogen (secondary N) is 2. The number of benzene rings is 1. The predicted molar refractivity (Wildman–Crippen MR) is 111 cm³/mol. The number of amides is 3. The maximum atomic E-state index is 12.6. The third kappa shape index (κ3) is 6.23. The molecule has 0 saturated carbocycles. The largest absolute Gasteiger partial charge is 0.334 e. The van der Waals surface area contributed by atoms with Crippen molar-refractivity contribution in [3.8, 4) is 0 Å². The zero-order chi connectivity index (χ0) is 21.4. The van der Waals surface area contributed by atoms with Crippen molar-refractivity contribution in [2.75, 3.05) is 39.3 Å². The Hall–Kier alpha value is -2.01. The first-order chi connectivity index (χ1) is 13.8. The van der Waals surface area contributed by atoms with Gasteiger partial charge in [0.1, 0.15) is 0 Å². The molecule has 2 N–H and O–H groups in total. The summed E-state index contributed by atoms with van der Waals surface area (Å²) in [6.07, 6.45) is 0. The van der Waals surface area contributed by atoms with E-state index in [1.165, 1.54) is 8.61 Å². The van der Waals surface area contributed by atoms with Crippen LogP contribution in [0.25, 0.3) is 0 Å². The second kappa shape index (κ2) is 10.7. The van der Waals surface area contributed by atoms with Crippen LogP contribution in [0.5, 0.6) is 0 Å². The molecule has 1 fully saturated rings. The molecule has 162 valence electrons. The van der Waals surface area contributed by atoms with E-state index >= 15 is 0 Å². The molecule has 10 heteroatoms. The van der Waals surface area contributed by atoms with Crippen LogP contribution in [-0.2, 0) is 21.5 Å². The van der Waals surface area contributed by atoms with Gasteiger partial charge in [0.2, 0.25) is 5.91 Å². The van der Waals surface area contributed by atoms with Crippen molar-refractivity contribution in [2.45, 2.75) is 33.4 Å². The topological polar surface area (TPSA) is 102 Å². The van der Waals surface area contributed by atoms with E-state index in [-0.39, 0.29) is 0 Å². The monoisotopic (exact) mass is 425 g/mol. The van der Waals surface area contributed by atoms with Gasteiger partial charge in [-0.1, -0.05) is 44.2 Å². The fraction of sp³-hybridized carbons (Fsp3) is 0.579.